The van der Waals surface area contributed by atoms with Crippen molar-refractivity contribution in [3.63, 3.8) is 0 Å². The Labute approximate surface area is 99.4 Å². The fourth-order valence-electron chi connectivity index (χ4n) is 1.55. The number of aryl methyl sites for hydroxylation is 1. The summed E-state index contributed by atoms with van der Waals surface area (Å²) in [6.07, 6.45) is 0. The van der Waals surface area contributed by atoms with Crippen molar-refractivity contribution in [1.82, 2.24) is 0 Å². The Kier molecular flexibility index (Phi) is 5.66. The summed E-state index contributed by atoms with van der Waals surface area (Å²) in [5.74, 6) is 1.05. The van der Waals surface area contributed by atoms with Crippen LogP contribution in [0.15, 0.2) is 24.3 Å². The Bertz CT molecular complexity index is 355. The van der Waals surface area contributed by atoms with Crippen LogP contribution in [-0.4, -0.2) is 29.4 Å². The van der Waals surface area contributed by atoms with Crippen molar-refractivity contribution in [2.45, 2.75) is 13.0 Å². The molecule has 0 fully saturated rings. The lowest BCUT2D eigenvalue weighted by Crippen LogP contribution is -2.21. The van der Waals surface area contributed by atoms with Gasteiger partial charge in [-0.15, -0.1) is 0 Å². The predicted octanol–water partition coefficient (Wildman–Crippen LogP) is 1.39. The van der Waals surface area contributed by atoms with Gasteiger partial charge in [0.05, 0.1) is 6.61 Å². The van der Waals surface area contributed by atoms with Crippen LogP contribution in [-0.2, 0) is 15.5 Å². The predicted molar refractivity (Wildman–Crippen MR) is 67.9 cm³/mol. The highest BCUT2D eigenvalue weighted by molar-refractivity contribution is 7.85. The summed E-state index contributed by atoms with van der Waals surface area (Å²) in [5, 5.41) is 0. The summed E-state index contributed by atoms with van der Waals surface area (Å²) in [6, 6.07) is 7.80. The number of ether oxygens (including phenoxy) is 1. The largest absolute Gasteiger partial charge is 0.384 e. The van der Waals surface area contributed by atoms with Gasteiger partial charge in [0.2, 0.25) is 0 Å². The van der Waals surface area contributed by atoms with Gasteiger partial charge < -0.3 is 10.5 Å². The van der Waals surface area contributed by atoms with E-state index in [9.17, 15) is 4.21 Å². The maximum Gasteiger partial charge on any atom is 0.0577 e. The SMILES string of the molecule is COCCS(=O)CC(N)c1ccccc1C. The summed E-state index contributed by atoms with van der Waals surface area (Å²) in [7, 11) is 0.701. The van der Waals surface area contributed by atoms with Crippen molar-refractivity contribution in [1.29, 1.82) is 0 Å². The Morgan fingerprint density at radius 1 is 1.44 bits per heavy atom. The van der Waals surface area contributed by atoms with Crippen LogP contribution in [0.25, 0.3) is 0 Å². The zero-order valence-corrected chi connectivity index (χ0v) is 10.6. The van der Waals surface area contributed by atoms with E-state index in [0.29, 0.717) is 18.1 Å². The molecule has 0 bridgehead atoms. The topological polar surface area (TPSA) is 52.3 Å². The van der Waals surface area contributed by atoms with E-state index in [2.05, 4.69) is 0 Å². The van der Waals surface area contributed by atoms with Gasteiger partial charge in [-0.3, -0.25) is 4.21 Å². The van der Waals surface area contributed by atoms with Gasteiger partial charge in [0, 0.05) is 35.5 Å². The number of hydrogen-bond acceptors (Lipinski definition) is 3. The second-order valence-electron chi connectivity index (χ2n) is 3.77. The Hall–Kier alpha value is -0.710. The molecule has 0 saturated carbocycles. The number of hydrogen-bond donors (Lipinski definition) is 1. The lowest BCUT2D eigenvalue weighted by molar-refractivity contribution is 0.218. The van der Waals surface area contributed by atoms with Crippen molar-refractivity contribution >= 4 is 10.8 Å². The molecular formula is C12H19NO2S. The van der Waals surface area contributed by atoms with Gasteiger partial charge in [0.25, 0.3) is 0 Å². The molecule has 1 aromatic rings. The molecule has 0 aromatic heterocycles. The van der Waals surface area contributed by atoms with Crippen molar-refractivity contribution in [2.75, 3.05) is 25.2 Å². The average molecular weight is 241 g/mol. The maximum absolute atomic E-state index is 11.6. The van der Waals surface area contributed by atoms with Crippen molar-refractivity contribution in [3.8, 4) is 0 Å². The van der Waals surface area contributed by atoms with Crippen molar-refractivity contribution in [3.05, 3.63) is 35.4 Å². The van der Waals surface area contributed by atoms with Crippen LogP contribution in [0.5, 0.6) is 0 Å². The third-order valence-electron chi connectivity index (χ3n) is 2.47. The lowest BCUT2D eigenvalue weighted by atomic mass is 10.0. The second kappa shape index (κ2) is 6.78. The van der Waals surface area contributed by atoms with Gasteiger partial charge in [-0.1, -0.05) is 24.3 Å². The quantitative estimate of drug-likeness (QED) is 0.819. The second-order valence-corrected chi connectivity index (χ2v) is 5.39. The molecule has 1 aromatic carbocycles. The Balaban J connectivity index is 2.55. The molecule has 0 aliphatic heterocycles. The molecule has 4 heteroatoms. The minimum absolute atomic E-state index is 0.154. The first kappa shape index (κ1) is 13.4. The third kappa shape index (κ3) is 4.04. The number of rotatable bonds is 6. The molecule has 16 heavy (non-hydrogen) atoms. The first-order valence-corrected chi connectivity index (χ1v) is 6.79. The highest BCUT2D eigenvalue weighted by atomic mass is 32.2. The van der Waals surface area contributed by atoms with E-state index in [1.165, 1.54) is 0 Å². The van der Waals surface area contributed by atoms with Crippen LogP contribution in [0.1, 0.15) is 17.2 Å². The summed E-state index contributed by atoms with van der Waals surface area (Å²) < 4.78 is 16.5. The summed E-state index contributed by atoms with van der Waals surface area (Å²) in [6.45, 7) is 2.54. The highest BCUT2D eigenvalue weighted by Gasteiger charge is 2.11. The van der Waals surface area contributed by atoms with Gasteiger partial charge in [0.1, 0.15) is 0 Å². The van der Waals surface area contributed by atoms with Gasteiger partial charge in [0.15, 0.2) is 0 Å². The smallest absolute Gasteiger partial charge is 0.0577 e. The minimum Gasteiger partial charge on any atom is -0.384 e. The lowest BCUT2D eigenvalue weighted by Gasteiger charge is -2.14. The molecule has 0 saturated heterocycles. The van der Waals surface area contributed by atoms with E-state index in [1.807, 2.05) is 31.2 Å². The summed E-state index contributed by atoms with van der Waals surface area (Å²) >= 11 is 0. The van der Waals surface area contributed by atoms with Gasteiger partial charge >= 0.3 is 0 Å². The van der Waals surface area contributed by atoms with E-state index >= 15 is 0 Å². The molecule has 1 rings (SSSR count). The zero-order valence-electron chi connectivity index (χ0n) is 9.81. The van der Waals surface area contributed by atoms with E-state index in [0.717, 1.165) is 11.1 Å². The molecular weight excluding hydrogens is 222 g/mol. The molecule has 0 aliphatic carbocycles. The fraction of sp³-hybridized carbons (Fsp3) is 0.500. The van der Waals surface area contributed by atoms with Crippen molar-refractivity contribution in [2.24, 2.45) is 5.73 Å². The normalized spacial score (nSPS) is 14.7. The monoisotopic (exact) mass is 241 g/mol. The average Bonchev–Trinajstić information content (AvgIpc) is 2.26. The van der Waals surface area contributed by atoms with Gasteiger partial charge in [-0.25, -0.2) is 0 Å². The molecule has 3 nitrogen and oxygen atoms in total. The Morgan fingerprint density at radius 2 is 2.12 bits per heavy atom. The number of nitrogens with two attached hydrogens (primary N) is 1. The molecule has 0 radical (unpaired) electrons. The maximum atomic E-state index is 11.6. The molecule has 0 heterocycles. The zero-order chi connectivity index (χ0) is 12.0. The van der Waals surface area contributed by atoms with E-state index in [-0.39, 0.29) is 6.04 Å². The molecule has 0 aliphatic rings. The molecule has 0 amide bonds. The van der Waals surface area contributed by atoms with E-state index in [4.69, 9.17) is 10.5 Å². The van der Waals surface area contributed by atoms with Gasteiger partial charge in [-0.2, -0.15) is 0 Å². The van der Waals surface area contributed by atoms with E-state index < -0.39 is 10.8 Å². The van der Waals surface area contributed by atoms with Crippen LogP contribution in [0, 0.1) is 6.92 Å². The molecule has 2 atom stereocenters. The summed E-state index contributed by atoms with van der Waals surface area (Å²) in [5.41, 5.74) is 8.26. The Morgan fingerprint density at radius 3 is 2.75 bits per heavy atom. The van der Waals surface area contributed by atoms with E-state index in [1.54, 1.807) is 7.11 Å². The number of benzene rings is 1. The van der Waals surface area contributed by atoms with Gasteiger partial charge in [-0.05, 0) is 18.1 Å². The highest BCUT2D eigenvalue weighted by Crippen LogP contribution is 2.15. The molecule has 90 valence electrons. The number of methoxy groups -OCH3 is 1. The molecule has 2 N–H and O–H groups in total. The molecule has 2 unspecified atom stereocenters. The van der Waals surface area contributed by atoms with Crippen LogP contribution in [0.4, 0.5) is 0 Å². The van der Waals surface area contributed by atoms with Crippen molar-refractivity contribution < 1.29 is 8.95 Å². The van der Waals surface area contributed by atoms with Crippen LogP contribution in [0.3, 0.4) is 0 Å². The first-order chi connectivity index (χ1) is 7.65. The van der Waals surface area contributed by atoms with Crippen LogP contribution >= 0.6 is 0 Å². The minimum atomic E-state index is -0.909. The van der Waals surface area contributed by atoms with Crippen LogP contribution in [0.2, 0.25) is 0 Å². The standard InChI is InChI=1S/C12H19NO2S/c1-10-5-3-4-6-11(10)12(13)9-16(14)8-7-15-2/h3-6,12H,7-9,13H2,1-2H3. The molecule has 0 spiro atoms. The third-order valence-corrected chi connectivity index (χ3v) is 3.82. The fourth-order valence-corrected chi connectivity index (χ4v) is 2.65. The van der Waals surface area contributed by atoms with Crippen LogP contribution < -0.4 is 5.73 Å². The first-order valence-electron chi connectivity index (χ1n) is 5.30. The summed E-state index contributed by atoms with van der Waals surface area (Å²) in [4.78, 5) is 0.